The van der Waals surface area contributed by atoms with Crippen molar-refractivity contribution in [3.63, 3.8) is 0 Å². The Labute approximate surface area is 119 Å². The first-order chi connectivity index (χ1) is 9.81. The molecule has 1 amide bonds. The van der Waals surface area contributed by atoms with Crippen molar-refractivity contribution in [2.24, 2.45) is 0 Å². The van der Waals surface area contributed by atoms with Crippen molar-refractivity contribution in [3.05, 3.63) is 71.8 Å². The molecule has 0 aromatic heterocycles. The van der Waals surface area contributed by atoms with Crippen LogP contribution in [-0.2, 0) is 16.6 Å². The Bertz CT molecular complexity index is 573. The minimum atomic E-state index is -0.252. The Morgan fingerprint density at radius 3 is 2.15 bits per heavy atom. The molecule has 102 valence electrons. The molecular weight excluding hydrogens is 246 g/mol. The summed E-state index contributed by atoms with van der Waals surface area (Å²) in [6.07, 6.45) is 2.82. The fourth-order valence-electron chi connectivity index (χ4n) is 2.66. The lowest BCUT2D eigenvalue weighted by atomic mass is 9.95. The lowest BCUT2D eigenvalue weighted by molar-refractivity contribution is -0.123. The van der Waals surface area contributed by atoms with Gasteiger partial charge in [-0.3, -0.25) is 4.79 Å². The minimum Gasteiger partial charge on any atom is -0.355 e. The van der Waals surface area contributed by atoms with Crippen LogP contribution in [0.2, 0.25) is 0 Å². The van der Waals surface area contributed by atoms with Gasteiger partial charge in [-0.05, 0) is 30.4 Å². The van der Waals surface area contributed by atoms with Crippen LogP contribution in [0.1, 0.15) is 24.0 Å². The molecule has 0 bridgehead atoms. The topological polar surface area (TPSA) is 29.1 Å². The van der Waals surface area contributed by atoms with Gasteiger partial charge in [-0.25, -0.2) is 0 Å². The third kappa shape index (κ3) is 2.60. The van der Waals surface area contributed by atoms with Crippen LogP contribution in [0, 0.1) is 0 Å². The molecular formula is C18H19NO. The van der Waals surface area contributed by atoms with E-state index in [2.05, 4.69) is 29.6 Å². The van der Waals surface area contributed by atoms with Gasteiger partial charge in [-0.2, -0.15) is 0 Å². The zero-order chi connectivity index (χ0) is 13.8. The summed E-state index contributed by atoms with van der Waals surface area (Å²) >= 11 is 0. The van der Waals surface area contributed by atoms with Gasteiger partial charge in [0.2, 0.25) is 5.91 Å². The van der Waals surface area contributed by atoms with Crippen molar-refractivity contribution >= 4 is 5.91 Å². The molecule has 3 rings (SSSR count). The van der Waals surface area contributed by atoms with Crippen LogP contribution < -0.4 is 5.32 Å². The van der Waals surface area contributed by atoms with Crippen LogP contribution >= 0.6 is 0 Å². The van der Waals surface area contributed by atoms with Crippen LogP contribution in [0.5, 0.6) is 0 Å². The number of hydrogen-bond acceptors (Lipinski definition) is 1. The third-order valence-corrected chi connectivity index (χ3v) is 4.05. The van der Waals surface area contributed by atoms with Gasteiger partial charge in [-0.15, -0.1) is 0 Å². The van der Waals surface area contributed by atoms with Crippen LogP contribution in [-0.4, -0.2) is 12.5 Å². The fourth-order valence-corrected chi connectivity index (χ4v) is 2.66. The highest BCUT2D eigenvalue weighted by Gasteiger charge is 2.50. The van der Waals surface area contributed by atoms with Crippen molar-refractivity contribution in [1.82, 2.24) is 5.32 Å². The normalized spacial score (nSPS) is 15.6. The van der Waals surface area contributed by atoms with E-state index in [1.807, 2.05) is 36.4 Å². The summed E-state index contributed by atoms with van der Waals surface area (Å²) in [7, 11) is 0. The van der Waals surface area contributed by atoms with E-state index in [1.165, 1.54) is 5.56 Å². The highest BCUT2D eigenvalue weighted by Crippen LogP contribution is 2.48. The van der Waals surface area contributed by atoms with E-state index >= 15 is 0 Å². The van der Waals surface area contributed by atoms with Gasteiger partial charge in [0.25, 0.3) is 0 Å². The Morgan fingerprint density at radius 1 is 0.950 bits per heavy atom. The first kappa shape index (κ1) is 12.9. The summed E-state index contributed by atoms with van der Waals surface area (Å²) < 4.78 is 0. The monoisotopic (exact) mass is 265 g/mol. The molecule has 0 spiro atoms. The lowest BCUT2D eigenvalue weighted by Gasteiger charge is -2.15. The van der Waals surface area contributed by atoms with Crippen LogP contribution in [0.15, 0.2) is 60.7 Å². The van der Waals surface area contributed by atoms with Gasteiger partial charge in [-0.1, -0.05) is 60.7 Å². The predicted molar refractivity (Wildman–Crippen MR) is 80.5 cm³/mol. The summed E-state index contributed by atoms with van der Waals surface area (Å²) in [5.74, 6) is 0.180. The first-order valence-electron chi connectivity index (χ1n) is 7.19. The molecule has 2 nitrogen and oxygen atoms in total. The summed E-state index contributed by atoms with van der Waals surface area (Å²) in [4.78, 5) is 12.4. The molecule has 2 aromatic rings. The highest BCUT2D eigenvalue weighted by atomic mass is 16.2. The number of rotatable bonds is 5. The SMILES string of the molecule is O=C(NCCc1ccccc1)C1(c2ccccc2)CC1. The van der Waals surface area contributed by atoms with Gasteiger partial charge in [0, 0.05) is 6.54 Å². The predicted octanol–water partition coefficient (Wildman–Crippen LogP) is 3.08. The Morgan fingerprint density at radius 2 is 1.55 bits per heavy atom. The number of nitrogens with one attached hydrogen (secondary N) is 1. The second-order valence-electron chi connectivity index (χ2n) is 5.44. The van der Waals surface area contributed by atoms with Crippen LogP contribution in [0.4, 0.5) is 0 Å². The molecule has 1 saturated carbocycles. The second-order valence-corrected chi connectivity index (χ2v) is 5.44. The summed E-state index contributed by atoms with van der Waals surface area (Å²) in [6, 6.07) is 20.4. The van der Waals surface area contributed by atoms with Crippen LogP contribution in [0.3, 0.4) is 0 Å². The average molecular weight is 265 g/mol. The fraction of sp³-hybridized carbons (Fsp3) is 0.278. The zero-order valence-corrected chi connectivity index (χ0v) is 11.5. The minimum absolute atomic E-state index is 0.180. The van der Waals surface area contributed by atoms with E-state index in [0.29, 0.717) is 6.54 Å². The van der Waals surface area contributed by atoms with E-state index in [4.69, 9.17) is 0 Å². The molecule has 1 aliphatic rings. The Hall–Kier alpha value is -2.09. The quantitative estimate of drug-likeness (QED) is 0.884. The molecule has 1 fully saturated rings. The molecule has 0 atom stereocenters. The van der Waals surface area contributed by atoms with Gasteiger partial charge in [0.15, 0.2) is 0 Å². The van der Waals surface area contributed by atoms with Gasteiger partial charge >= 0.3 is 0 Å². The molecule has 0 aliphatic heterocycles. The lowest BCUT2D eigenvalue weighted by Crippen LogP contribution is -2.35. The van der Waals surface area contributed by atoms with Crippen molar-refractivity contribution in [2.75, 3.05) is 6.54 Å². The summed E-state index contributed by atoms with van der Waals surface area (Å²) in [5.41, 5.74) is 2.16. The Kier molecular flexibility index (Phi) is 3.55. The summed E-state index contributed by atoms with van der Waals surface area (Å²) in [5, 5.41) is 3.09. The van der Waals surface area contributed by atoms with Crippen molar-refractivity contribution in [1.29, 1.82) is 0 Å². The molecule has 0 unspecified atom stereocenters. The first-order valence-corrected chi connectivity index (χ1v) is 7.19. The molecule has 1 N–H and O–H groups in total. The van der Waals surface area contributed by atoms with E-state index < -0.39 is 0 Å². The van der Waals surface area contributed by atoms with Gasteiger partial charge in [0.05, 0.1) is 5.41 Å². The van der Waals surface area contributed by atoms with Crippen LogP contribution in [0.25, 0.3) is 0 Å². The number of benzene rings is 2. The van der Waals surface area contributed by atoms with Crippen molar-refractivity contribution in [2.45, 2.75) is 24.7 Å². The summed E-state index contributed by atoms with van der Waals surface area (Å²) in [6.45, 7) is 0.706. The molecule has 20 heavy (non-hydrogen) atoms. The molecule has 0 radical (unpaired) electrons. The maximum absolute atomic E-state index is 12.4. The number of hydrogen-bond donors (Lipinski definition) is 1. The number of amides is 1. The second kappa shape index (κ2) is 5.49. The largest absolute Gasteiger partial charge is 0.355 e. The maximum Gasteiger partial charge on any atom is 0.230 e. The van der Waals surface area contributed by atoms with E-state index in [-0.39, 0.29) is 11.3 Å². The van der Waals surface area contributed by atoms with E-state index in [1.54, 1.807) is 0 Å². The van der Waals surface area contributed by atoms with Crippen molar-refractivity contribution in [3.8, 4) is 0 Å². The molecule has 0 heterocycles. The third-order valence-electron chi connectivity index (χ3n) is 4.05. The van der Waals surface area contributed by atoms with Gasteiger partial charge in [0.1, 0.15) is 0 Å². The van der Waals surface area contributed by atoms with Crippen molar-refractivity contribution < 1.29 is 4.79 Å². The average Bonchev–Trinajstić information content (AvgIpc) is 3.31. The zero-order valence-electron chi connectivity index (χ0n) is 11.5. The highest BCUT2D eigenvalue weighted by molar-refractivity contribution is 5.91. The maximum atomic E-state index is 12.4. The van der Waals surface area contributed by atoms with Gasteiger partial charge < -0.3 is 5.32 Å². The molecule has 1 aliphatic carbocycles. The smallest absolute Gasteiger partial charge is 0.230 e. The Balaban J connectivity index is 1.58. The standard InChI is InChI=1S/C18H19NO/c20-17(19-14-11-15-7-3-1-4-8-15)18(12-13-18)16-9-5-2-6-10-16/h1-10H,11-14H2,(H,19,20). The number of carbonyl (C=O) groups excluding carboxylic acids is 1. The van der Waals surface area contributed by atoms with E-state index in [9.17, 15) is 4.79 Å². The number of carbonyl (C=O) groups is 1. The molecule has 0 saturated heterocycles. The van der Waals surface area contributed by atoms with E-state index in [0.717, 1.165) is 24.8 Å². The molecule has 2 aromatic carbocycles. The molecule has 2 heteroatoms.